The number of halogens is 1. The highest BCUT2D eigenvalue weighted by molar-refractivity contribution is 7.84. The number of hydrogen-bond donors (Lipinski definition) is 5. The third kappa shape index (κ3) is 31.5. The third-order valence-electron chi connectivity index (χ3n) is 0.347. The minimum absolute atomic E-state index is 0. The van der Waals surface area contributed by atoms with Crippen LogP contribution in [-0.2, 0) is 26.9 Å². The fraction of sp³-hybridized carbons (Fsp3) is 1.00. The molecule has 3 unspecified atom stereocenters. The van der Waals surface area contributed by atoms with Crippen molar-refractivity contribution in [3.05, 3.63) is 0 Å². The van der Waals surface area contributed by atoms with Gasteiger partial charge in [0.2, 0.25) is 0 Å². The first-order chi connectivity index (χ1) is 6.83. The van der Waals surface area contributed by atoms with Crippen LogP contribution in [0.2, 0.25) is 0 Å². The Bertz CT molecular complexity index is 305. The molecule has 0 saturated carbocycles. The minimum Gasteiger partial charge on any atom is -0.312 e. The van der Waals surface area contributed by atoms with Crippen molar-refractivity contribution in [2.45, 2.75) is 7.43 Å². The molecule has 0 amide bonds. The molecule has 104 valence electrons. The van der Waals surface area contributed by atoms with Crippen molar-refractivity contribution in [1.82, 2.24) is 0 Å². The van der Waals surface area contributed by atoms with E-state index in [9.17, 15) is 18.3 Å². The second-order valence-electron chi connectivity index (χ2n) is 1.58. The van der Waals surface area contributed by atoms with Gasteiger partial charge in [0.1, 0.15) is 0 Å². The van der Waals surface area contributed by atoms with Crippen molar-refractivity contribution >= 4 is 42.5 Å². The maximum atomic E-state index is 9.84. The SMILES string of the molecule is C.O=P(O)(O)OP(=O)(O)Cl.O=[P+](O)O[P+](=O)O. The zero-order valence-electron chi connectivity index (χ0n) is 6.85. The molecule has 17 heavy (non-hydrogen) atoms. The molecule has 0 aromatic heterocycles. The largest absolute Gasteiger partial charge is 0.745 e. The van der Waals surface area contributed by atoms with Crippen molar-refractivity contribution in [3.63, 3.8) is 0 Å². The van der Waals surface area contributed by atoms with E-state index in [0.717, 1.165) is 0 Å². The Hall–Kier alpha value is 0.670. The van der Waals surface area contributed by atoms with Gasteiger partial charge >= 0.3 is 31.3 Å². The van der Waals surface area contributed by atoms with Crippen LogP contribution in [0.3, 0.4) is 0 Å². The third-order valence-corrected chi connectivity index (χ3v) is 3.68. The normalized spacial score (nSPS) is 15.6. The van der Waals surface area contributed by atoms with Gasteiger partial charge in [0, 0.05) is 20.4 Å². The average molecular weight is 356 g/mol. The van der Waals surface area contributed by atoms with E-state index in [1.165, 1.54) is 0 Å². The van der Waals surface area contributed by atoms with E-state index in [1.807, 2.05) is 0 Å². The van der Waals surface area contributed by atoms with Gasteiger partial charge < -0.3 is 14.7 Å². The van der Waals surface area contributed by atoms with E-state index in [-0.39, 0.29) is 7.43 Å². The van der Waals surface area contributed by atoms with Gasteiger partial charge in [0.15, 0.2) is 4.31 Å². The van der Waals surface area contributed by atoms with Gasteiger partial charge in [0.05, 0.1) is 0 Å². The predicted octanol–water partition coefficient (Wildman–Crippen LogP) is 1.37. The average Bonchev–Trinajstić information content (AvgIpc) is 1.72. The second kappa shape index (κ2) is 9.58. The standard InChI is InChI=1S/CH4.ClH3O6P2.O5P2/c;1-8(2,3)7-9(4,5)6;1-6(2)5-7(3)4/h1H4;(H,2,3)(H2,4,5,6);/p+2. The molecule has 0 aliphatic rings. The molecule has 0 aliphatic heterocycles. The molecule has 5 N–H and O–H groups in total. The second-order valence-corrected chi connectivity index (χ2v) is 7.00. The molecule has 0 fully saturated rings. The van der Waals surface area contributed by atoms with Crippen LogP contribution >= 0.6 is 42.5 Å². The molecule has 3 atom stereocenters. The highest BCUT2D eigenvalue weighted by Crippen LogP contribution is 2.60. The fourth-order valence-electron chi connectivity index (χ4n) is 0.191. The minimum atomic E-state index is -4.93. The molecule has 0 saturated heterocycles. The molecular weight excluding hydrogens is 347 g/mol. The van der Waals surface area contributed by atoms with Crippen LogP contribution in [0.25, 0.3) is 0 Å². The summed E-state index contributed by atoms with van der Waals surface area (Å²) in [4.78, 5) is 38.9. The number of hydrogen-bond acceptors (Lipinski definition) is 6. The molecule has 0 rings (SSSR count). The Labute approximate surface area is 102 Å². The molecule has 11 nitrogen and oxygen atoms in total. The fourth-order valence-corrected chi connectivity index (χ4v) is 2.44. The summed E-state index contributed by atoms with van der Waals surface area (Å²) in [7, 11) is -10.8. The van der Waals surface area contributed by atoms with Crippen LogP contribution in [0.1, 0.15) is 7.43 Å². The van der Waals surface area contributed by atoms with Crippen LogP contribution < -0.4 is 0 Å². The van der Waals surface area contributed by atoms with E-state index < -0.39 is 31.3 Å². The molecule has 16 heteroatoms. The Balaban J connectivity index is -0.000000224. The topological polar surface area (TPSA) is 188 Å². The van der Waals surface area contributed by atoms with E-state index in [2.05, 4.69) is 19.9 Å². The van der Waals surface area contributed by atoms with Crippen molar-refractivity contribution in [3.8, 4) is 0 Å². The van der Waals surface area contributed by atoms with Crippen molar-refractivity contribution in [2.75, 3.05) is 0 Å². The lowest BCUT2D eigenvalue weighted by molar-refractivity contribution is 0.270. The van der Waals surface area contributed by atoms with E-state index in [1.54, 1.807) is 0 Å². The Kier molecular flexibility index (Phi) is 12.9. The lowest BCUT2D eigenvalue weighted by atomic mass is 12.0. The summed E-state index contributed by atoms with van der Waals surface area (Å²) in [5.41, 5.74) is 0. The summed E-state index contributed by atoms with van der Waals surface area (Å²) in [5, 5.41) is 0. The number of rotatable bonds is 4. The Morgan fingerprint density at radius 2 is 1.29 bits per heavy atom. The summed E-state index contributed by atoms with van der Waals surface area (Å²) in [6, 6.07) is 0. The van der Waals surface area contributed by atoms with Gasteiger partial charge in [-0.1, -0.05) is 7.43 Å². The summed E-state index contributed by atoms with van der Waals surface area (Å²) in [6.07, 6.45) is 0. The first kappa shape index (κ1) is 22.8. The molecule has 0 spiro atoms. The quantitative estimate of drug-likeness (QED) is 0.457. The van der Waals surface area contributed by atoms with Crippen molar-refractivity contribution < 1.29 is 51.3 Å². The summed E-state index contributed by atoms with van der Waals surface area (Å²) < 4.78 is 44.9. The van der Waals surface area contributed by atoms with E-state index in [4.69, 9.17) is 24.5 Å². The smallest absolute Gasteiger partial charge is 0.312 e. The first-order valence-corrected chi connectivity index (χ1v) is 8.90. The first-order valence-electron chi connectivity index (χ1n) is 2.63. The molecule has 0 aromatic carbocycles. The monoisotopic (exact) mass is 356 g/mol. The summed E-state index contributed by atoms with van der Waals surface area (Å²) >= 11 is 4.41. The van der Waals surface area contributed by atoms with E-state index >= 15 is 0 Å². The highest BCUT2D eigenvalue weighted by atomic mass is 35.7. The van der Waals surface area contributed by atoms with Gasteiger partial charge in [-0.3, -0.25) is 0 Å². The lowest BCUT2D eigenvalue weighted by Gasteiger charge is -2.03. The van der Waals surface area contributed by atoms with Gasteiger partial charge in [-0.05, 0) is 0 Å². The molecule has 0 bridgehead atoms. The van der Waals surface area contributed by atoms with Crippen LogP contribution in [0.4, 0.5) is 0 Å². The Morgan fingerprint density at radius 3 is 1.29 bits per heavy atom. The van der Waals surface area contributed by atoms with Crippen LogP contribution in [0.5, 0.6) is 0 Å². The maximum absolute atomic E-state index is 9.84. The molecule has 0 aliphatic carbocycles. The molecule has 0 heterocycles. The molecule has 0 radical (unpaired) electrons. The van der Waals surface area contributed by atoms with Crippen LogP contribution in [0.15, 0.2) is 0 Å². The van der Waals surface area contributed by atoms with Gasteiger partial charge in [-0.15, -0.1) is 9.79 Å². The summed E-state index contributed by atoms with van der Waals surface area (Å²) in [5.74, 6) is 0. The van der Waals surface area contributed by atoms with Crippen LogP contribution in [-0.4, -0.2) is 24.5 Å². The highest BCUT2D eigenvalue weighted by Gasteiger charge is 2.31. The zero-order valence-corrected chi connectivity index (χ0v) is 11.2. The lowest BCUT2D eigenvalue weighted by Crippen LogP contribution is -1.80. The van der Waals surface area contributed by atoms with Gasteiger partial charge in [-0.25, -0.2) is 9.13 Å². The van der Waals surface area contributed by atoms with Crippen molar-refractivity contribution in [2.24, 2.45) is 0 Å². The van der Waals surface area contributed by atoms with E-state index in [0.29, 0.717) is 0 Å². The molecule has 0 aromatic rings. The van der Waals surface area contributed by atoms with Crippen molar-refractivity contribution in [1.29, 1.82) is 0 Å². The summed E-state index contributed by atoms with van der Waals surface area (Å²) in [6.45, 7) is -4.58. The Morgan fingerprint density at radius 1 is 1.00 bits per heavy atom. The zero-order chi connectivity index (χ0) is 13.6. The van der Waals surface area contributed by atoms with Crippen LogP contribution in [0, 0.1) is 0 Å². The van der Waals surface area contributed by atoms with Gasteiger partial charge in [-0.2, -0.15) is 4.31 Å². The maximum Gasteiger partial charge on any atom is 0.745 e. The number of phosphoric acid groups is 1. The predicted molar refractivity (Wildman–Crippen MR) is 56.3 cm³/mol. The molecular formula is CH9ClO11P4+2. The van der Waals surface area contributed by atoms with Gasteiger partial charge in [0.25, 0.3) is 0 Å².